The highest BCUT2D eigenvalue weighted by Crippen LogP contribution is 2.19. The van der Waals surface area contributed by atoms with Gasteiger partial charge in [-0.15, -0.1) is 0 Å². The number of aryl methyl sites for hydroxylation is 2. The first-order valence-corrected chi connectivity index (χ1v) is 7.93. The lowest BCUT2D eigenvalue weighted by molar-refractivity contribution is 0.386. The summed E-state index contributed by atoms with van der Waals surface area (Å²) in [4.78, 5) is 7.10. The van der Waals surface area contributed by atoms with Gasteiger partial charge in [0.1, 0.15) is 5.82 Å². The van der Waals surface area contributed by atoms with E-state index in [4.69, 9.17) is 4.98 Å². The van der Waals surface area contributed by atoms with E-state index in [1.165, 1.54) is 16.9 Å². The molecular formula is C17H28N4. The summed E-state index contributed by atoms with van der Waals surface area (Å²) < 4.78 is 2.40. The fraction of sp³-hybridized carbons (Fsp3) is 0.588. The minimum absolute atomic E-state index is 0.970. The van der Waals surface area contributed by atoms with E-state index >= 15 is 0 Å². The quantitative estimate of drug-likeness (QED) is 0.809. The molecular weight excluding hydrogens is 260 g/mol. The summed E-state index contributed by atoms with van der Waals surface area (Å²) in [7, 11) is 6.25. The maximum Gasteiger partial charge on any atom is 0.111 e. The molecule has 0 atom stereocenters. The molecule has 0 spiro atoms. The van der Waals surface area contributed by atoms with Gasteiger partial charge in [0.05, 0.1) is 11.0 Å². The van der Waals surface area contributed by atoms with E-state index in [0.717, 1.165) is 44.4 Å². The van der Waals surface area contributed by atoms with Crippen molar-refractivity contribution in [3.8, 4) is 0 Å². The summed E-state index contributed by atoms with van der Waals surface area (Å²) in [6, 6.07) is 6.70. The fourth-order valence-corrected chi connectivity index (χ4v) is 2.67. The van der Waals surface area contributed by atoms with Crippen molar-refractivity contribution in [2.45, 2.75) is 32.7 Å². The lowest BCUT2D eigenvalue weighted by Gasteiger charge is -2.12. The smallest absolute Gasteiger partial charge is 0.111 e. The van der Waals surface area contributed by atoms with Gasteiger partial charge >= 0.3 is 0 Å². The first-order chi connectivity index (χ1) is 10.2. The SMILES string of the molecule is CCc1ccc2c(c1)nc(CCNC)n2CCCN(C)C. The van der Waals surface area contributed by atoms with Crippen molar-refractivity contribution >= 4 is 11.0 Å². The molecule has 0 radical (unpaired) electrons. The molecule has 1 aromatic heterocycles. The number of hydrogen-bond acceptors (Lipinski definition) is 3. The molecule has 0 aliphatic rings. The van der Waals surface area contributed by atoms with Crippen molar-refractivity contribution in [1.82, 2.24) is 19.8 Å². The molecule has 116 valence electrons. The third-order valence-electron chi connectivity index (χ3n) is 3.89. The van der Waals surface area contributed by atoms with Gasteiger partial charge in [0.15, 0.2) is 0 Å². The van der Waals surface area contributed by atoms with Crippen LogP contribution in [0.5, 0.6) is 0 Å². The van der Waals surface area contributed by atoms with Crippen LogP contribution in [0.4, 0.5) is 0 Å². The molecule has 1 aromatic carbocycles. The minimum Gasteiger partial charge on any atom is -0.328 e. The van der Waals surface area contributed by atoms with Gasteiger partial charge in [-0.2, -0.15) is 0 Å². The van der Waals surface area contributed by atoms with Gasteiger partial charge in [-0.3, -0.25) is 0 Å². The highest BCUT2D eigenvalue weighted by Gasteiger charge is 2.10. The van der Waals surface area contributed by atoms with Crippen LogP contribution in [0.2, 0.25) is 0 Å². The molecule has 1 N–H and O–H groups in total. The zero-order valence-electron chi connectivity index (χ0n) is 13.8. The van der Waals surface area contributed by atoms with E-state index in [0.29, 0.717) is 0 Å². The minimum atomic E-state index is 0.970. The fourth-order valence-electron chi connectivity index (χ4n) is 2.67. The van der Waals surface area contributed by atoms with Crippen molar-refractivity contribution in [3.05, 3.63) is 29.6 Å². The first kappa shape index (κ1) is 16.0. The Hall–Kier alpha value is -1.39. The van der Waals surface area contributed by atoms with Crippen molar-refractivity contribution in [1.29, 1.82) is 0 Å². The monoisotopic (exact) mass is 288 g/mol. The normalized spacial score (nSPS) is 11.7. The van der Waals surface area contributed by atoms with Crippen molar-refractivity contribution in [2.24, 2.45) is 0 Å². The predicted octanol–water partition coefficient (Wildman–Crippen LogP) is 2.31. The van der Waals surface area contributed by atoms with E-state index in [1.54, 1.807) is 0 Å². The third-order valence-corrected chi connectivity index (χ3v) is 3.89. The number of hydrogen-bond donors (Lipinski definition) is 1. The summed E-state index contributed by atoms with van der Waals surface area (Å²) >= 11 is 0. The molecule has 4 nitrogen and oxygen atoms in total. The highest BCUT2D eigenvalue weighted by molar-refractivity contribution is 5.77. The molecule has 0 aliphatic heterocycles. The van der Waals surface area contributed by atoms with Gasteiger partial charge in [-0.25, -0.2) is 4.98 Å². The number of rotatable bonds is 8. The summed E-state index contributed by atoms with van der Waals surface area (Å²) in [5, 5.41) is 3.22. The first-order valence-electron chi connectivity index (χ1n) is 7.93. The van der Waals surface area contributed by atoms with Crippen molar-refractivity contribution in [2.75, 3.05) is 34.2 Å². The molecule has 0 unspecified atom stereocenters. The summed E-state index contributed by atoms with van der Waals surface area (Å²) in [6.07, 6.45) is 3.20. The molecule has 0 amide bonds. The molecule has 2 aromatic rings. The Morgan fingerprint density at radius 2 is 2.10 bits per heavy atom. The van der Waals surface area contributed by atoms with E-state index in [1.807, 2.05) is 7.05 Å². The Labute approximate surface area is 128 Å². The van der Waals surface area contributed by atoms with Gasteiger partial charge in [0.25, 0.3) is 0 Å². The van der Waals surface area contributed by atoms with E-state index in [9.17, 15) is 0 Å². The second kappa shape index (κ2) is 7.57. The summed E-state index contributed by atoms with van der Waals surface area (Å²) in [5.74, 6) is 1.20. The Morgan fingerprint density at radius 1 is 1.29 bits per heavy atom. The van der Waals surface area contributed by atoms with Crippen LogP contribution in [0.3, 0.4) is 0 Å². The molecule has 0 fully saturated rings. The summed E-state index contributed by atoms with van der Waals surface area (Å²) in [6.45, 7) is 5.31. The van der Waals surface area contributed by atoms with Crippen LogP contribution in [0.15, 0.2) is 18.2 Å². The third kappa shape index (κ3) is 4.05. The van der Waals surface area contributed by atoms with Crippen LogP contribution < -0.4 is 5.32 Å². The molecule has 1 heterocycles. The number of likely N-dealkylation sites (N-methyl/N-ethyl adjacent to an activating group) is 1. The van der Waals surface area contributed by atoms with E-state index < -0.39 is 0 Å². The van der Waals surface area contributed by atoms with E-state index in [2.05, 4.69) is 54.0 Å². The van der Waals surface area contributed by atoms with Crippen LogP contribution in [0, 0.1) is 0 Å². The van der Waals surface area contributed by atoms with Gasteiger partial charge in [0, 0.05) is 19.5 Å². The molecule has 0 bridgehead atoms. The Bertz CT molecular complexity index is 571. The molecule has 21 heavy (non-hydrogen) atoms. The van der Waals surface area contributed by atoms with E-state index in [-0.39, 0.29) is 0 Å². The second-order valence-corrected chi connectivity index (χ2v) is 5.87. The number of nitrogens with one attached hydrogen (secondary N) is 1. The molecule has 0 saturated heterocycles. The van der Waals surface area contributed by atoms with Gasteiger partial charge in [-0.05, 0) is 58.2 Å². The Balaban J connectivity index is 2.28. The predicted molar refractivity (Wildman–Crippen MR) is 89.9 cm³/mol. The standard InChI is InChI=1S/C17H28N4/c1-5-14-7-8-16-15(13-14)19-17(9-10-18-2)21(16)12-6-11-20(3)4/h7-8,13,18H,5-6,9-12H2,1-4H3. The lowest BCUT2D eigenvalue weighted by Crippen LogP contribution is -2.17. The zero-order valence-corrected chi connectivity index (χ0v) is 13.8. The average Bonchev–Trinajstić information content (AvgIpc) is 2.81. The Morgan fingerprint density at radius 3 is 2.76 bits per heavy atom. The molecule has 4 heteroatoms. The number of imidazole rings is 1. The van der Waals surface area contributed by atoms with Gasteiger partial charge in [0.2, 0.25) is 0 Å². The van der Waals surface area contributed by atoms with Crippen LogP contribution in [-0.4, -0.2) is 48.7 Å². The zero-order chi connectivity index (χ0) is 15.2. The summed E-state index contributed by atoms with van der Waals surface area (Å²) in [5.41, 5.74) is 3.78. The average molecular weight is 288 g/mol. The lowest BCUT2D eigenvalue weighted by atomic mass is 10.1. The van der Waals surface area contributed by atoms with Crippen LogP contribution in [-0.2, 0) is 19.4 Å². The van der Waals surface area contributed by atoms with Crippen LogP contribution >= 0.6 is 0 Å². The van der Waals surface area contributed by atoms with Crippen molar-refractivity contribution in [3.63, 3.8) is 0 Å². The molecule has 2 rings (SSSR count). The number of fused-ring (bicyclic) bond motifs is 1. The van der Waals surface area contributed by atoms with Crippen molar-refractivity contribution < 1.29 is 0 Å². The Kier molecular flexibility index (Phi) is 5.76. The largest absolute Gasteiger partial charge is 0.328 e. The second-order valence-electron chi connectivity index (χ2n) is 5.87. The maximum atomic E-state index is 4.87. The topological polar surface area (TPSA) is 33.1 Å². The maximum absolute atomic E-state index is 4.87. The van der Waals surface area contributed by atoms with Gasteiger partial charge in [-0.1, -0.05) is 13.0 Å². The molecule has 0 saturated carbocycles. The van der Waals surface area contributed by atoms with Gasteiger partial charge < -0.3 is 14.8 Å². The highest BCUT2D eigenvalue weighted by atomic mass is 15.1. The number of aromatic nitrogens is 2. The number of benzene rings is 1. The number of nitrogens with zero attached hydrogens (tertiary/aromatic N) is 3. The van der Waals surface area contributed by atoms with Crippen LogP contribution in [0.1, 0.15) is 24.7 Å². The van der Waals surface area contributed by atoms with Crippen LogP contribution in [0.25, 0.3) is 11.0 Å². The molecule has 0 aliphatic carbocycles.